The fourth-order valence-electron chi connectivity index (χ4n) is 1.68. The molecule has 1 aromatic heterocycles. The summed E-state index contributed by atoms with van der Waals surface area (Å²) in [4.78, 5) is 0. The highest BCUT2D eigenvalue weighted by Gasteiger charge is 2.04. The van der Waals surface area contributed by atoms with E-state index in [1.807, 2.05) is 24.3 Å². The van der Waals surface area contributed by atoms with Gasteiger partial charge in [-0.25, -0.2) is 0 Å². The average molecular weight is 245 g/mol. The fraction of sp³-hybridized carbons (Fsp3) is 0.357. The van der Waals surface area contributed by atoms with Crippen LogP contribution in [0.1, 0.15) is 19.5 Å². The van der Waals surface area contributed by atoms with Gasteiger partial charge in [0.15, 0.2) is 0 Å². The smallest absolute Gasteiger partial charge is 0.118 e. The largest absolute Gasteiger partial charge is 0.497 e. The maximum atomic E-state index is 5.14. The van der Waals surface area contributed by atoms with E-state index in [1.165, 1.54) is 0 Å². The molecule has 1 heterocycles. The van der Waals surface area contributed by atoms with Gasteiger partial charge in [-0.15, -0.1) is 0 Å². The van der Waals surface area contributed by atoms with Crippen LogP contribution in [0.2, 0.25) is 0 Å². The van der Waals surface area contributed by atoms with Crippen LogP contribution in [0, 0.1) is 0 Å². The molecule has 0 saturated carbocycles. The Bertz CT molecular complexity index is 488. The summed E-state index contributed by atoms with van der Waals surface area (Å²) >= 11 is 0. The molecular formula is C14H19N3O. The molecule has 1 aromatic carbocycles. The van der Waals surface area contributed by atoms with Crippen LogP contribution in [0.5, 0.6) is 5.75 Å². The van der Waals surface area contributed by atoms with Gasteiger partial charge in [-0.3, -0.25) is 5.10 Å². The molecule has 18 heavy (non-hydrogen) atoms. The second-order valence-corrected chi connectivity index (χ2v) is 4.54. The maximum absolute atomic E-state index is 5.14. The van der Waals surface area contributed by atoms with Crippen LogP contribution < -0.4 is 10.1 Å². The number of hydrogen-bond donors (Lipinski definition) is 2. The van der Waals surface area contributed by atoms with E-state index in [9.17, 15) is 0 Å². The summed E-state index contributed by atoms with van der Waals surface area (Å²) in [5.74, 6) is 0.857. The topological polar surface area (TPSA) is 49.9 Å². The summed E-state index contributed by atoms with van der Waals surface area (Å²) in [5, 5.41) is 10.7. The number of hydrogen-bond acceptors (Lipinski definition) is 3. The number of H-pyrrole nitrogens is 1. The van der Waals surface area contributed by atoms with Crippen LogP contribution in [0.25, 0.3) is 11.3 Å². The molecule has 0 fully saturated rings. The maximum Gasteiger partial charge on any atom is 0.118 e. The highest BCUT2D eigenvalue weighted by atomic mass is 16.5. The lowest BCUT2D eigenvalue weighted by atomic mass is 10.1. The highest BCUT2D eigenvalue weighted by Crippen LogP contribution is 2.20. The predicted molar refractivity (Wildman–Crippen MR) is 72.6 cm³/mol. The van der Waals surface area contributed by atoms with Crippen molar-refractivity contribution in [3.8, 4) is 17.0 Å². The van der Waals surface area contributed by atoms with E-state index in [4.69, 9.17) is 4.74 Å². The molecule has 2 rings (SSSR count). The number of aromatic nitrogens is 2. The minimum Gasteiger partial charge on any atom is -0.497 e. The van der Waals surface area contributed by atoms with Crippen molar-refractivity contribution in [2.24, 2.45) is 0 Å². The normalized spacial score (nSPS) is 10.9. The Hall–Kier alpha value is -1.81. The Kier molecular flexibility index (Phi) is 3.99. The quantitative estimate of drug-likeness (QED) is 0.851. The number of aromatic amines is 1. The van der Waals surface area contributed by atoms with Gasteiger partial charge < -0.3 is 10.1 Å². The van der Waals surface area contributed by atoms with E-state index in [0.717, 1.165) is 29.2 Å². The van der Waals surface area contributed by atoms with E-state index in [0.29, 0.717) is 6.04 Å². The van der Waals surface area contributed by atoms with Crippen LogP contribution in [0.15, 0.2) is 30.3 Å². The van der Waals surface area contributed by atoms with Crippen LogP contribution >= 0.6 is 0 Å². The van der Waals surface area contributed by atoms with Crippen molar-refractivity contribution >= 4 is 0 Å². The number of nitrogens with zero attached hydrogens (tertiary/aromatic N) is 1. The monoisotopic (exact) mass is 245 g/mol. The second-order valence-electron chi connectivity index (χ2n) is 4.54. The van der Waals surface area contributed by atoms with E-state index in [1.54, 1.807) is 7.11 Å². The zero-order valence-electron chi connectivity index (χ0n) is 11.0. The first kappa shape index (κ1) is 12.6. The van der Waals surface area contributed by atoms with Crippen molar-refractivity contribution in [1.29, 1.82) is 0 Å². The molecule has 0 bridgehead atoms. The lowest BCUT2D eigenvalue weighted by Crippen LogP contribution is -2.21. The molecule has 4 nitrogen and oxygen atoms in total. The van der Waals surface area contributed by atoms with E-state index in [-0.39, 0.29) is 0 Å². The minimum atomic E-state index is 0.470. The standard InChI is InChI=1S/C14H19N3O/c1-10(2)15-9-12-8-14(17-16-12)11-4-6-13(18-3)7-5-11/h4-8,10,15H,9H2,1-3H3,(H,16,17). The van der Waals surface area contributed by atoms with Gasteiger partial charge in [0, 0.05) is 23.8 Å². The molecule has 0 amide bonds. The summed E-state index contributed by atoms with van der Waals surface area (Å²) in [6.07, 6.45) is 0. The van der Waals surface area contributed by atoms with Gasteiger partial charge in [0.1, 0.15) is 5.75 Å². The Morgan fingerprint density at radius 2 is 2.00 bits per heavy atom. The Morgan fingerprint density at radius 1 is 1.28 bits per heavy atom. The molecule has 0 atom stereocenters. The van der Waals surface area contributed by atoms with Crippen LogP contribution in [0.4, 0.5) is 0 Å². The molecule has 0 radical (unpaired) electrons. The van der Waals surface area contributed by atoms with Gasteiger partial charge in [0.25, 0.3) is 0 Å². The third-order valence-corrected chi connectivity index (χ3v) is 2.72. The summed E-state index contributed by atoms with van der Waals surface area (Å²) in [6, 6.07) is 10.4. The third kappa shape index (κ3) is 3.11. The first-order chi connectivity index (χ1) is 8.69. The van der Waals surface area contributed by atoms with E-state index >= 15 is 0 Å². The van der Waals surface area contributed by atoms with E-state index < -0.39 is 0 Å². The van der Waals surface area contributed by atoms with Crippen molar-refractivity contribution in [2.45, 2.75) is 26.4 Å². The molecule has 0 aliphatic rings. The van der Waals surface area contributed by atoms with Crippen molar-refractivity contribution < 1.29 is 4.74 Å². The minimum absolute atomic E-state index is 0.470. The molecule has 0 saturated heterocycles. The zero-order chi connectivity index (χ0) is 13.0. The number of rotatable bonds is 5. The van der Waals surface area contributed by atoms with Crippen molar-refractivity contribution in [3.63, 3.8) is 0 Å². The third-order valence-electron chi connectivity index (χ3n) is 2.72. The molecule has 0 aliphatic heterocycles. The SMILES string of the molecule is COc1ccc(-c2cc(CNC(C)C)[nH]n2)cc1. The Morgan fingerprint density at radius 3 is 2.61 bits per heavy atom. The van der Waals surface area contributed by atoms with Gasteiger partial charge in [-0.1, -0.05) is 13.8 Å². The average Bonchev–Trinajstić information content (AvgIpc) is 2.85. The van der Waals surface area contributed by atoms with Gasteiger partial charge in [0.05, 0.1) is 12.8 Å². The first-order valence-corrected chi connectivity index (χ1v) is 6.11. The molecule has 0 spiro atoms. The Labute approximate surface area is 107 Å². The molecular weight excluding hydrogens is 226 g/mol. The van der Waals surface area contributed by atoms with Gasteiger partial charge in [0.2, 0.25) is 0 Å². The number of benzene rings is 1. The summed E-state index contributed by atoms with van der Waals surface area (Å²) in [7, 11) is 1.67. The number of nitrogens with one attached hydrogen (secondary N) is 2. The number of methoxy groups -OCH3 is 1. The summed E-state index contributed by atoms with van der Waals surface area (Å²) < 4.78 is 5.14. The van der Waals surface area contributed by atoms with Crippen molar-refractivity contribution in [2.75, 3.05) is 7.11 Å². The predicted octanol–water partition coefficient (Wildman–Crippen LogP) is 2.58. The molecule has 0 unspecified atom stereocenters. The van der Waals surface area contributed by atoms with Crippen LogP contribution in [-0.2, 0) is 6.54 Å². The van der Waals surface area contributed by atoms with E-state index in [2.05, 4.69) is 35.4 Å². The lowest BCUT2D eigenvalue weighted by Gasteiger charge is -2.04. The number of ether oxygens (including phenoxy) is 1. The van der Waals surface area contributed by atoms with Crippen molar-refractivity contribution in [3.05, 3.63) is 36.0 Å². The molecule has 2 aromatic rings. The lowest BCUT2D eigenvalue weighted by molar-refractivity contribution is 0.415. The summed E-state index contributed by atoms with van der Waals surface area (Å²) in [5.41, 5.74) is 3.13. The Balaban J connectivity index is 2.08. The summed E-state index contributed by atoms with van der Waals surface area (Å²) in [6.45, 7) is 5.06. The highest BCUT2D eigenvalue weighted by molar-refractivity contribution is 5.60. The second kappa shape index (κ2) is 5.69. The van der Waals surface area contributed by atoms with Crippen LogP contribution in [0.3, 0.4) is 0 Å². The fourth-order valence-corrected chi connectivity index (χ4v) is 1.68. The van der Waals surface area contributed by atoms with Crippen molar-refractivity contribution in [1.82, 2.24) is 15.5 Å². The molecule has 4 heteroatoms. The van der Waals surface area contributed by atoms with Gasteiger partial charge in [-0.2, -0.15) is 5.10 Å². The molecule has 96 valence electrons. The zero-order valence-corrected chi connectivity index (χ0v) is 11.0. The molecule has 0 aliphatic carbocycles. The van der Waals surface area contributed by atoms with Gasteiger partial charge >= 0.3 is 0 Å². The van der Waals surface area contributed by atoms with Crippen LogP contribution in [-0.4, -0.2) is 23.3 Å². The van der Waals surface area contributed by atoms with Gasteiger partial charge in [-0.05, 0) is 30.3 Å². The molecule has 2 N–H and O–H groups in total. The first-order valence-electron chi connectivity index (χ1n) is 6.11.